The standard InChI is InChI=1S/C16H15N3O3/c1-22-14-4-2-12(3-5-14)15(20)8-11-18-19-16(21)13-6-9-17-10-7-13/h2-11,18H,1H3,(H,19,21)/b11-8+. The molecule has 1 aromatic carbocycles. The molecule has 0 spiro atoms. The lowest BCUT2D eigenvalue weighted by Crippen LogP contribution is -2.33. The fourth-order valence-corrected chi connectivity index (χ4v) is 1.65. The number of pyridine rings is 1. The average Bonchev–Trinajstić information content (AvgIpc) is 2.59. The Balaban J connectivity index is 1.84. The topological polar surface area (TPSA) is 80.3 Å². The zero-order valence-electron chi connectivity index (χ0n) is 11.9. The maximum atomic E-state index is 11.9. The van der Waals surface area contributed by atoms with Gasteiger partial charge in [0.25, 0.3) is 5.91 Å². The number of nitrogens with one attached hydrogen (secondary N) is 2. The van der Waals surface area contributed by atoms with E-state index in [2.05, 4.69) is 15.8 Å². The molecule has 0 saturated carbocycles. The minimum atomic E-state index is -0.316. The van der Waals surface area contributed by atoms with Crippen molar-refractivity contribution < 1.29 is 14.3 Å². The lowest BCUT2D eigenvalue weighted by Gasteiger charge is -2.03. The Morgan fingerprint density at radius 3 is 2.36 bits per heavy atom. The number of carbonyl (C=O) groups excluding carboxylic acids is 2. The van der Waals surface area contributed by atoms with E-state index in [9.17, 15) is 9.59 Å². The van der Waals surface area contributed by atoms with Crippen LogP contribution >= 0.6 is 0 Å². The number of allylic oxidation sites excluding steroid dienone is 1. The van der Waals surface area contributed by atoms with Crippen LogP contribution in [0, 0.1) is 0 Å². The second kappa shape index (κ2) is 7.58. The Kier molecular flexibility index (Phi) is 5.25. The number of hydrazine groups is 1. The molecule has 0 aliphatic heterocycles. The highest BCUT2D eigenvalue weighted by Crippen LogP contribution is 2.11. The molecule has 1 heterocycles. The molecule has 2 N–H and O–H groups in total. The van der Waals surface area contributed by atoms with Crippen molar-refractivity contribution in [1.82, 2.24) is 15.8 Å². The van der Waals surface area contributed by atoms with Gasteiger partial charge in [0.2, 0.25) is 0 Å². The number of ether oxygens (including phenoxy) is 1. The number of aromatic nitrogens is 1. The first kappa shape index (κ1) is 15.2. The van der Waals surface area contributed by atoms with E-state index < -0.39 is 0 Å². The van der Waals surface area contributed by atoms with Gasteiger partial charge in [0.15, 0.2) is 5.78 Å². The number of nitrogens with zero attached hydrogens (tertiary/aromatic N) is 1. The van der Waals surface area contributed by atoms with Crippen LogP contribution in [-0.2, 0) is 0 Å². The summed E-state index contributed by atoms with van der Waals surface area (Å²) in [6.07, 6.45) is 5.75. The van der Waals surface area contributed by atoms with Gasteiger partial charge in [-0.25, -0.2) is 0 Å². The molecule has 6 nitrogen and oxygen atoms in total. The Hall–Kier alpha value is -3.15. The van der Waals surface area contributed by atoms with E-state index in [1.165, 1.54) is 24.7 Å². The molecule has 0 saturated heterocycles. The zero-order valence-corrected chi connectivity index (χ0v) is 11.9. The third kappa shape index (κ3) is 4.17. The molecule has 2 rings (SSSR count). The summed E-state index contributed by atoms with van der Waals surface area (Å²) in [6.45, 7) is 0. The molecule has 1 aromatic heterocycles. The number of amides is 1. The summed E-state index contributed by atoms with van der Waals surface area (Å²) in [4.78, 5) is 27.4. The number of ketones is 1. The van der Waals surface area contributed by atoms with Crippen molar-refractivity contribution in [3.8, 4) is 5.75 Å². The molecule has 0 radical (unpaired) electrons. The van der Waals surface area contributed by atoms with Crippen molar-refractivity contribution in [2.24, 2.45) is 0 Å². The van der Waals surface area contributed by atoms with E-state index in [0.717, 1.165) is 0 Å². The highest BCUT2D eigenvalue weighted by atomic mass is 16.5. The number of methoxy groups -OCH3 is 1. The Labute approximate surface area is 127 Å². The fraction of sp³-hybridized carbons (Fsp3) is 0.0625. The van der Waals surface area contributed by atoms with Crippen molar-refractivity contribution in [1.29, 1.82) is 0 Å². The van der Waals surface area contributed by atoms with Crippen molar-refractivity contribution in [3.63, 3.8) is 0 Å². The highest BCUT2D eigenvalue weighted by molar-refractivity contribution is 6.04. The van der Waals surface area contributed by atoms with Gasteiger partial charge in [0.05, 0.1) is 7.11 Å². The minimum absolute atomic E-state index is 0.187. The first-order valence-corrected chi connectivity index (χ1v) is 6.51. The van der Waals surface area contributed by atoms with E-state index in [1.54, 1.807) is 43.5 Å². The molecule has 1 amide bonds. The maximum Gasteiger partial charge on any atom is 0.269 e. The predicted octanol–water partition coefficient (Wildman–Crippen LogP) is 1.72. The lowest BCUT2D eigenvalue weighted by molar-refractivity contribution is 0.0939. The normalized spacial score (nSPS) is 10.2. The van der Waals surface area contributed by atoms with E-state index in [-0.39, 0.29) is 11.7 Å². The van der Waals surface area contributed by atoms with Gasteiger partial charge in [-0.3, -0.25) is 20.0 Å². The molecule has 2 aromatic rings. The van der Waals surface area contributed by atoms with Crippen molar-refractivity contribution >= 4 is 11.7 Å². The molecule has 0 unspecified atom stereocenters. The second-order valence-electron chi connectivity index (χ2n) is 4.26. The number of rotatable bonds is 6. The van der Waals surface area contributed by atoms with Gasteiger partial charge in [-0.05, 0) is 36.4 Å². The monoisotopic (exact) mass is 297 g/mol. The summed E-state index contributed by atoms with van der Waals surface area (Å²) >= 11 is 0. The molecule has 0 fully saturated rings. The van der Waals surface area contributed by atoms with Gasteiger partial charge in [0, 0.05) is 35.8 Å². The van der Waals surface area contributed by atoms with E-state index in [1.807, 2.05) is 0 Å². The zero-order chi connectivity index (χ0) is 15.8. The summed E-state index contributed by atoms with van der Waals surface area (Å²) in [6, 6.07) is 9.92. The van der Waals surface area contributed by atoms with Gasteiger partial charge in [0.1, 0.15) is 5.75 Å². The van der Waals surface area contributed by atoms with Crippen molar-refractivity contribution in [2.75, 3.05) is 7.11 Å². The van der Waals surface area contributed by atoms with Crippen LogP contribution in [0.25, 0.3) is 0 Å². The Morgan fingerprint density at radius 2 is 1.73 bits per heavy atom. The van der Waals surface area contributed by atoms with Gasteiger partial charge in [-0.15, -0.1) is 0 Å². The average molecular weight is 297 g/mol. The minimum Gasteiger partial charge on any atom is -0.497 e. The first-order chi connectivity index (χ1) is 10.7. The number of hydrogen-bond acceptors (Lipinski definition) is 5. The third-order valence-corrected chi connectivity index (χ3v) is 2.82. The van der Waals surface area contributed by atoms with Gasteiger partial charge < -0.3 is 10.2 Å². The van der Waals surface area contributed by atoms with Crippen molar-refractivity contribution in [3.05, 3.63) is 72.2 Å². The molecule has 22 heavy (non-hydrogen) atoms. The molecule has 0 aliphatic carbocycles. The van der Waals surface area contributed by atoms with Crippen LogP contribution in [0.1, 0.15) is 20.7 Å². The van der Waals surface area contributed by atoms with Crippen LogP contribution in [0.3, 0.4) is 0 Å². The summed E-state index contributed by atoms with van der Waals surface area (Å²) in [5.41, 5.74) is 6.01. The summed E-state index contributed by atoms with van der Waals surface area (Å²) in [7, 11) is 1.56. The van der Waals surface area contributed by atoms with E-state index >= 15 is 0 Å². The van der Waals surface area contributed by atoms with Crippen LogP contribution in [0.4, 0.5) is 0 Å². The number of benzene rings is 1. The molecular formula is C16H15N3O3. The van der Waals surface area contributed by atoms with E-state index in [4.69, 9.17) is 4.74 Å². The second-order valence-corrected chi connectivity index (χ2v) is 4.26. The highest BCUT2D eigenvalue weighted by Gasteiger charge is 2.03. The predicted molar refractivity (Wildman–Crippen MR) is 81.3 cm³/mol. The summed E-state index contributed by atoms with van der Waals surface area (Å²) < 4.78 is 5.02. The molecule has 0 bridgehead atoms. The number of hydrogen-bond donors (Lipinski definition) is 2. The van der Waals surface area contributed by atoms with E-state index in [0.29, 0.717) is 16.9 Å². The number of carbonyl (C=O) groups is 2. The molecular weight excluding hydrogens is 282 g/mol. The molecule has 0 atom stereocenters. The smallest absolute Gasteiger partial charge is 0.269 e. The molecule has 6 heteroatoms. The Morgan fingerprint density at radius 1 is 1.05 bits per heavy atom. The molecule has 0 aliphatic rings. The van der Waals surface area contributed by atoms with Crippen LogP contribution in [0.5, 0.6) is 5.75 Å². The lowest BCUT2D eigenvalue weighted by atomic mass is 10.1. The fourth-order valence-electron chi connectivity index (χ4n) is 1.65. The van der Waals surface area contributed by atoms with Crippen LogP contribution in [0.15, 0.2) is 61.1 Å². The summed E-state index contributed by atoms with van der Waals surface area (Å²) in [5, 5.41) is 0. The van der Waals surface area contributed by atoms with Crippen molar-refractivity contribution in [2.45, 2.75) is 0 Å². The molecule has 112 valence electrons. The van der Waals surface area contributed by atoms with Gasteiger partial charge in [-0.1, -0.05) is 0 Å². The first-order valence-electron chi connectivity index (χ1n) is 6.51. The van der Waals surface area contributed by atoms with Crippen LogP contribution < -0.4 is 15.6 Å². The van der Waals surface area contributed by atoms with Gasteiger partial charge >= 0.3 is 0 Å². The van der Waals surface area contributed by atoms with Gasteiger partial charge in [-0.2, -0.15) is 0 Å². The largest absolute Gasteiger partial charge is 0.497 e. The summed E-state index contributed by atoms with van der Waals surface area (Å²) in [5.74, 6) is 0.181. The third-order valence-electron chi connectivity index (χ3n) is 2.82. The quantitative estimate of drug-likeness (QED) is 0.482. The van der Waals surface area contributed by atoms with Crippen LogP contribution in [0.2, 0.25) is 0 Å². The van der Waals surface area contributed by atoms with Crippen LogP contribution in [-0.4, -0.2) is 23.8 Å². The Bertz CT molecular complexity index is 667. The maximum absolute atomic E-state index is 11.9. The SMILES string of the molecule is COc1ccc(C(=O)/C=C/NNC(=O)c2ccncc2)cc1.